The molecule has 44 heavy (non-hydrogen) atoms. The molecule has 0 atom stereocenters. The molecule has 0 saturated heterocycles. The van der Waals surface area contributed by atoms with E-state index >= 15 is 0 Å². The lowest BCUT2D eigenvalue weighted by molar-refractivity contribution is 0.951. The predicted molar refractivity (Wildman–Crippen MR) is 177 cm³/mol. The van der Waals surface area contributed by atoms with Gasteiger partial charge in [0.05, 0.1) is 51.1 Å². The molecule has 4 aromatic heterocycles. The van der Waals surface area contributed by atoms with Crippen LogP contribution in [0.5, 0.6) is 0 Å². The van der Waals surface area contributed by atoms with E-state index in [0.717, 1.165) is 4.57 Å². The van der Waals surface area contributed by atoms with Crippen LogP contribution in [-0.2, 0) is 0 Å². The van der Waals surface area contributed by atoms with E-state index in [4.69, 9.17) is 28.3 Å². The summed E-state index contributed by atoms with van der Waals surface area (Å²) in [5.74, 6) is -1.31. The maximum absolute atomic E-state index is 9.03. The number of para-hydroxylation sites is 4. The van der Waals surface area contributed by atoms with Crippen molar-refractivity contribution in [2.45, 2.75) is 0 Å². The zero-order chi connectivity index (χ0) is 43.8. The molecule has 9 rings (SSSR count). The predicted octanol–water partition coefficient (Wildman–Crippen LogP) is 8.79. The van der Waals surface area contributed by atoms with E-state index in [2.05, 4.69) is 15.0 Å². The van der Waals surface area contributed by atoms with E-state index in [9.17, 15) is 0 Å². The van der Waals surface area contributed by atoms with Crippen LogP contribution in [0.2, 0.25) is 0 Å². The fraction of sp³-hybridized carbons (Fsp3) is 0. The van der Waals surface area contributed by atoms with Crippen molar-refractivity contribution in [1.29, 1.82) is 0 Å². The van der Waals surface area contributed by atoms with Gasteiger partial charge in [0.15, 0.2) is 11.6 Å². The molecule has 0 unspecified atom stereocenters. The molecule has 6 nitrogen and oxygen atoms in total. The molecule has 6 heteroatoms. The van der Waals surface area contributed by atoms with Gasteiger partial charge in [0.25, 0.3) is 0 Å². The van der Waals surface area contributed by atoms with Gasteiger partial charge in [-0.3, -0.25) is 9.55 Å². The molecule has 0 amide bonds. The number of hydrogen-bond acceptors (Lipinski definition) is 4. The summed E-state index contributed by atoms with van der Waals surface area (Å²) in [5, 5.41) is -0.0295. The summed E-state index contributed by atoms with van der Waals surface area (Å²) in [4.78, 5) is 18.1. The third kappa shape index (κ3) is 3.68. The number of pyridine rings is 1. The van der Waals surface area contributed by atoms with E-state index in [-0.39, 0.29) is 61.9 Å². The number of fused-ring (bicyclic) bond motifs is 6. The third-order valence-electron chi connectivity index (χ3n) is 7.17. The Morgan fingerprint density at radius 2 is 1.09 bits per heavy atom. The zero-order valence-electron chi connectivity index (χ0n) is 39.2. The second-order valence-corrected chi connectivity index (χ2v) is 9.53. The average molecular weight is 582 g/mol. The lowest BCUT2D eigenvalue weighted by Crippen LogP contribution is -2.07. The van der Waals surface area contributed by atoms with Gasteiger partial charge in [-0.25, -0.2) is 4.98 Å². The Morgan fingerprint density at radius 1 is 0.500 bits per heavy atom. The van der Waals surface area contributed by atoms with E-state index in [1.165, 1.54) is 12.4 Å². The van der Waals surface area contributed by atoms with Crippen LogP contribution in [0.1, 0.15) is 23.3 Å². The van der Waals surface area contributed by atoms with E-state index in [0.29, 0.717) is 10.9 Å². The first-order valence-electron chi connectivity index (χ1n) is 21.7. The van der Waals surface area contributed by atoms with Gasteiger partial charge >= 0.3 is 0 Å². The molecule has 0 fully saturated rings. The standard InChI is InChI=1S/C38H24N6/c1-2-12-25(13-3-1)36-40-37(42-38(41-36)44-32-19-9-4-14-26(32)27-15-5-10-20-33(27)44)29-17-7-11-21-34(29)43-31-18-8-6-16-28(31)30-24-39-23-22-35(30)43/h1-24H/i1D,2D,3D,4D,5D,6D,8D,9D,10D,12D,13D,14D,15D,16D,18D,19D,20D. The number of hydrogen-bond donors (Lipinski definition) is 0. The third-order valence-corrected chi connectivity index (χ3v) is 7.17. The summed E-state index contributed by atoms with van der Waals surface area (Å²) < 4.78 is 150. The Bertz CT molecular complexity index is 3370. The highest BCUT2D eigenvalue weighted by Crippen LogP contribution is 2.36. The smallest absolute Gasteiger partial charge is 0.238 e. The monoisotopic (exact) mass is 581 g/mol. The van der Waals surface area contributed by atoms with E-state index in [1.807, 2.05) is 0 Å². The second-order valence-electron chi connectivity index (χ2n) is 9.53. The Labute approximate surface area is 276 Å². The van der Waals surface area contributed by atoms with Crippen LogP contribution in [0.3, 0.4) is 0 Å². The molecule has 5 aromatic carbocycles. The number of aromatic nitrogens is 6. The number of rotatable bonds is 4. The Hall–Kier alpha value is -6.14. The van der Waals surface area contributed by atoms with Crippen LogP contribution in [0.15, 0.2) is 145 Å². The first kappa shape index (κ1) is 13.0. The van der Waals surface area contributed by atoms with Crippen molar-refractivity contribution in [3.05, 3.63) is 145 Å². The largest absolute Gasteiger partial charge is 0.308 e. The molecule has 0 saturated carbocycles. The highest BCUT2D eigenvalue weighted by atomic mass is 15.2. The fourth-order valence-corrected chi connectivity index (χ4v) is 5.35. The quantitative estimate of drug-likeness (QED) is 0.208. The van der Waals surface area contributed by atoms with Crippen molar-refractivity contribution in [3.8, 4) is 34.4 Å². The van der Waals surface area contributed by atoms with Gasteiger partial charge in [0, 0.05) is 45.1 Å². The van der Waals surface area contributed by atoms with Crippen LogP contribution >= 0.6 is 0 Å². The molecule has 206 valence electrons. The summed E-state index contributed by atoms with van der Waals surface area (Å²) in [6, 6.07) is -2.65. The first-order valence-corrected chi connectivity index (χ1v) is 13.2. The van der Waals surface area contributed by atoms with Crippen molar-refractivity contribution in [2.24, 2.45) is 0 Å². The minimum Gasteiger partial charge on any atom is -0.308 e. The Morgan fingerprint density at radius 3 is 1.82 bits per heavy atom. The van der Waals surface area contributed by atoms with E-state index < -0.39 is 108 Å². The topological polar surface area (TPSA) is 61.4 Å². The van der Waals surface area contributed by atoms with Crippen LogP contribution in [-0.4, -0.2) is 29.1 Å². The van der Waals surface area contributed by atoms with Gasteiger partial charge in [0.1, 0.15) is 0 Å². The molecule has 9 aromatic rings. The highest BCUT2D eigenvalue weighted by molar-refractivity contribution is 6.10. The SMILES string of the molecule is [2H]c1c([2H])c([2H])c(-c2nc(-c3ccccc3-n3c4ccncc4c4c([2H])c([2H])c([2H])c([2H])c43)nc(-n3c4c([2H])c([2H])c([2H])c([2H])c4c4c([2H])c([2H])c([2H])c([2H])c43)n2)c([2H])c1[2H]. The van der Waals surface area contributed by atoms with Crippen molar-refractivity contribution in [2.75, 3.05) is 0 Å². The maximum Gasteiger partial charge on any atom is 0.238 e. The van der Waals surface area contributed by atoms with Crippen LogP contribution in [0, 0.1) is 0 Å². The molecule has 0 aliphatic carbocycles. The van der Waals surface area contributed by atoms with Crippen molar-refractivity contribution in [3.63, 3.8) is 0 Å². The minimum absolute atomic E-state index is 0.0657. The highest BCUT2D eigenvalue weighted by Gasteiger charge is 2.20. The summed E-state index contributed by atoms with van der Waals surface area (Å²) in [6.07, 6.45) is 2.93. The lowest BCUT2D eigenvalue weighted by Gasteiger charge is -2.15. The summed E-state index contributed by atoms with van der Waals surface area (Å²) in [6.45, 7) is 0. The second kappa shape index (κ2) is 9.71. The van der Waals surface area contributed by atoms with Crippen molar-refractivity contribution < 1.29 is 23.3 Å². The minimum atomic E-state index is -0.729. The number of nitrogens with zero attached hydrogens (tertiary/aromatic N) is 6. The summed E-state index contributed by atoms with van der Waals surface area (Å²) in [5.41, 5.74) is -0.362. The molecule has 4 heterocycles. The van der Waals surface area contributed by atoms with Crippen molar-refractivity contribution >= 4 is 43.6 Å². The van der Waals surface area contributed by atoms with Crippen molar-refractivity contribution in [1.82, 2.24) is 29.1 Å². The average Bonchev–Trinajstić information content (AvgIpc) is 3.81. The van der Waals surface area contributed by atoms with Gasteiger partial charge < -0.3 is 4.57 Å². The molecule has 0 aliphatic rings. The molecular weight excluding hydrogens is 540 g/mol. The van der Waals surface area contributed by atoms with Gasteiger partial charge in [-0.2, -0.15) is 9.97 Å². The fourth-order valence-electron chi connectivity index (χ4n) is 5.35. The molecule has 0 spiro atoms. The Balaban J connectivity index is 1.49. The lowest BCUT2D eigenvalue weighted by atomic mass is 10.1. The van der Waals surface area contributed by atoms with Gasteiger partial charge in [-0.1, -0.05) is 96.7 Å². The molecule has 0 aliphatic heterocycles. The molecular formula is C38H24N6. The number of benzene rings is 5. The van der Waals surface area contributed by atoms with E-state index in [1.54, 1.807) is 34.9 Å². The first-order chi connectivity index (χ1) is 28.9. The summed E-state index contributed by atoms with van der Waals surface area (Å²) >= 11 is 0. The van der Waals surface area contributed by atoms with Crippen LogP contribution in [0.25, 0.3) is 78.0 Å². The van der Waals surface area contributed by atoms with Crippen LogP contribution in [0.4, 0.5) is 0 Å². The van der Waals surface area contributed by atoms with Gasteiger partial charge in [-0.05, 0) is 36.3 Å². The Kier molecular flexibility index (Phi) is 2.87. The molecule has 0 bridgehead atoms. The zero-order valence-corrected chi connectivity index (χ0v) is 22.2. The van der Waals surface area contributed by atoms with Gasteiger partial charge in [0.2, 0.25) is 5.95 Å². The molecule has 0 radical (unpaired) electrons. The summed E-state index contributed by atoms with van der Waals surface area (Å²) in [7, 11) is 0. The van der Waals surface area contributed by atoms with Crippen LogP contribution < -0.4 is 0 Å². The normalized spacial score (nSPS) is 17.0. The maximum atomic E-state index is 9.03. The molecule has 0 N–H and O–H groups in total. The van der Waals surface area contributed by atoms with Gasteiger partial charge in [-0.15, -0.1) is 0 Å².